The van der Waals surface area contributed by atoms with E-state index in [1.165, 1.54) is 36.7 Å². The van der Waals surface area contributed by atoms with E-state index in [4.69, 9.17) is 17.3 Å². The number of allylic oxidation sites excluding steroid dienone is 1. The quantitative estimate of drug-likeness (QED) is 0.0292. The lowest BCUT2D eigenvalue weighted by molar-refractivity contribution is -0.127. The summed E-state index contributed by atoms with van der Waals surface area (Å²) in [4.78, 5) is 33.1. The molecule has 7 aromatic heterocycles. The van der Waals surface area contributed by atoms with Gasteiger partial charge in [-0.1, -0.05) is 61.2 Å². The van der Waals surface area contributed by atoms with Gasteiger partial charge in [0.2, 0.25) is 0 Å². The summed E-state index contributed by atoms with van der Waals surface area (Å²) in [5.41, 5.74) is 15.2. The number of hydrogen-bond acceptors (Lipinski definition) is 12. The van der Waals surface area contributed by atoms with Crippen molar-refractivity contribution in [1.29, 1.82) is 0 Å². The highest BCUT2D eigenvalue weighted by molar-refractivity contribution is 6.07. The smallest absolute Gasteiger partial charge is 0.190 e. The van der Waals surface area contributed by atoms with Crippen LogP contribution in [0.2, 0.25) is 0 Å². The molecule has 0 saturated carbocycles. The lowest BCUT2D eigenvalue weighted by atomic mass is 10.1. The van der Waals surface area contributed by atoms with Gasteiger partial charge < -0.3 is 17.3 Å². The number of alkyl halides is 1. The number of aliphatic imine (C=N–C) groups is 1. The minimum absolute atomic E-state index is 0.00196. The molecule has 73 heavy (non-hydrogen) atoms. The van der Waals surface area contributed by atoms with Crippen molar-refractivity contribution in [2.75, 3.05) is 6.54 Å². The Morgan fingerprint density at radius 1 is 0.644 bits per heavy atom. The zero-order chi connectivity index (χ0) is 51.8. The van der Waals surface area contributed by atoms with Gasteiger partial charge in [0.1, 0.15) is 46.9 Å². The molecule has 0 atom stereocenters. The van der Waals surface area contributed by atoms with Gasteiger partial charge in [0.15, 0.2) is 45.9 Å². The number of nitrogens with zero attached hydrogens (tertiary/aromatic N) is 13. The summed E-state index contributed by atoms with van der Waals surface area (Å²) in [6.07, 6.45) is 4.92. The number of nitrogens with two attached hydrogens (primary N) is 3. The highest BCUT2D eigenvalue weighted by Gasteiger charge is 2.26. The number of halogens is 4. The molecule has 22 heteroatoms. The van der Waals surface area contributed by atoms with E-state index in [1.807, 2.05) is 25.1 Å². The van der Waals surface area contributed by atoms with Crippen LogP contribution in [0.1, 0.15) is 54.7 Å². The number of aromatic amines is 1. The second kappa shape index (κ2) is 21.7. The summed E-state index contributed by atoms with van der Waals surface area (Å²) in [5.74, 6) is 4.80. The van der Waals surface area contributed by atoms with Crippen molar-refractivity contribution < 1.29 is 22.4 Å². The molecule has 0 saturated heterocycles. The molecule has 0 amide bonds. The highest BCUT2D eigenvalue weighted by Crippen LogP contribution is 2.26. The number of nitrogens with one attached hydrogen (secondary N) is 1. The fourth-order valence-electron chi connectivity index (χ4n) is 7.32. The summed E-state index contributed by atoms with van der Waals surface area (Å²) in [7, 11) is 0. The first kappa shape index (κ1) is 49.9. The number of carbonyl (C=O) groups is 1. The van der Waals surface area contributed by atoms with Crippen LogP contribution in [0.4, 0.5) is 17.6 Å². The number of hydrogen-bond donors (Lipinski definition) is 4. The molecule has 10 rings (SSSR count). The average molecular weight is 990 g/mol. The molecule has 0 fully saturated rings. The standard InChI is InChI=1S/C19H19F2N5O.C18H15FN6.C14H13FN6/c1-19(2,21)15(27)10-24-17(22)16-13-7-5-9-23-18(13)26(25-16)11-12-6-3-4-8-14(12)20;1-11(2)16-21-17(23-22-16)15-13-7-5-9-20-18(13)25(24-15)10-12-6-3-4-8-14(12)19;15-11-6-2-1-4-9(11)8-21-14-10(5-3-7-18-14)12(20-21)13(16)19-17/h3-9H,10-11H2,1-2H3,(H2,22,24);3-9H,1,10H2,2H3,(H,21,22,23);1-7H,8,17H2,(H2,16,19). The number of pyridine rings is 3. The van der Waals surface area contributed by atoms with E-state index >= 15 is 0 Å². The topological polar surface area (TPSA) is 254 Å². The maximum Gasteiger partial charge on any atom is 0.190 e. The van der Waals surface area contributed by atoms with Gasteiger partial charge in [0.05, 0.1) is 35.8 Å². The van der Waals surface area contributed by atoms with Crippen molar-refractivity contribution >= 4 is 56.1 Å². The Balaban J connectivity index is 0.000000147. The van der Waals surface area contributed by atoms with Crippen LogP contribution >= 0.6 is 0 Å². The minimum atomic E-state index is -1.99. The van der Waals surface area contributed by atoms with Crippen LogP contribution in [0.5, 0.6) is 0 Å². The number of ketones is 1. The van der Waals surface area contributed by atoms with Gasteiger partial charge in [-0.15, -0.1) is 0 Å². The first-order valence-corrected chi connectivity index (χ1v) is 22.4. The Kier molecular flexibility index (Phi) is 14.8. The highest BCUT2D eigenvalue weighted by atomic mass is 19.1. The van der Waals surface area contributed by atoms with E-state index in [9.17, 15) is 22.4 Å². The van der Waals surface area contributed by atoms with Gasteiger partial charge in [0.25, 0.3) is 0 Å². The van der Waals surface area contributed by atoms with E-state index in [1.54, 1.807) is 101 Å². The van der Waals surface area contributed by atoms with Crippen LogP contribution < -0.4 is 17.3 Å². The van der Waals surface area contributed by atoms with Crippen molar-refractivity contribution in [3.05, 3.63) is 186 Å². The number of aromatic nitrogens is 12. The number of H-pyrrole nitrogens is 1. The van der Waals surface area contributed by atoms with Gasteiger partial charge in [-0.05, 0) is 80.9 Å². The van der Waals surface area contributed by atoms with Crippen molar-refractivity contribution in [3.63, 3.8) is 0 Å². The Bertz CT molecular complexity index is 3680. The molecule has 0 spiro atoms. The molecule has 370 valence electrons. The third kappa shape index (κ3) is 11.3. The first-order valence-electron chi connectivity index (χ1n) is 22.4. The van der Waals surface area contributed by atoms with Crippen molar-refractivity contribution in [1.82, 2.24) is 59.5 Å². The normalized spacial score (nSPS) is 11.9. The molecular weight excluding hydrogens is 943 g/mol. The van der Waals surface area contributed by atoms with Gasteiger partial charge in [-0.25, -0.2) is 51.5 Å². The number of amidine groups is 2. The first-order chi connectivity index (χ1) is 35.1. The van der Waals surface area contributed by atoms with Crippen LogP contribution in [0.15, 0.2) is 144 Å². The summed E-state index contributed by atoms with van der Waals surface area (Å²) in [6, 6.07) is 30.3. The molecule has 0 aliphatic carbocycles. The molecule has 10 aromatic rings. The van der Waals surface area contributed by atoms with Crippen molar-refractivity contribution in [3.8, 4) is 11.5 Å². The monoisotopic (exact) mass is 989 g/mol. The maximum absolute atomic E-state index is 14.0. The molecule has 0 aliphatic rings. The Morgan fingerprint density at radius 2 is 1.07 bits per heavy atom. The van der Waals surface area contributed by atoms with E-state index < -0.39 is 18.0 Å². The van der Waals surface area contributed by atoms with Crippen LogP contribution in [0, 0.1) is 17.5 Å². The Hall–Kier alpha value is -9.47. The van der Waals surface area contributed by atoms with Crippen LogP contribution in [0.3, 0.4) is 0 Å². The fraction of sp³-hybridized carbons (Fsp3) is 0.157. The Labute approximate surface area is 414 Å². The second-order valence-corrected chi connectivity index (χ2v) is 16.8. The predicted molar refractivity (Wildman–Crippen MR) is 270 cm³/mol. The number of rotatable bonds is 13. The summed E-state index contributed by atoms with van der Waals surface area (Å²) in [5, 5.41) is 26.0. The van der Waals surface area contributed by atoms with E-state index in [0.29, 0.717) is 67.7 Å². The van der Waals surface area contributed by atoms with E-state index in [2.05, 4.69) is 62.1 Å². The lowest BCUT2D eigenvalue weighted by Crippen LogP contribution is -2.29. The van der Waals surface area contributed by atoms with Crippen LogP contribution in [-0.4, -0.2) is 89.1 Å². The fourth-order valence-corrected chi connectivity index (χ4v) is 7.32. The Morgan fingerprint density at radius 3 is 1.49 bits per heavy atom. The molecule has 0 aliphatic heterocycles. The van der Waals surface area contributed by atoms with Gasteiger partial charge >= 0.3 is 0 Å². The van der Waals surface area contributed by atoms with E-state index in [0.717, 1.165) is 16.3 Å². The van der Waals surface area contributed by atoms with Gasteiger partial charge in [0, 0.05) is 35.3 Å². The van der Waals surface area contributed by atoms with Crippen LogP contribution in [-0.2, 0) is 24.4 Å². The van der Waals surface area contributed by atoms with Crippen molar-refractivity contribution in [2.24, 2.45) is 27.4 Å². The zero-order valence-electron chi connectivity index (χ0n) is 39.6. The second-order valence-electron chi connectivity index (χ2n) is 16.8. The number of hydrazone groups is 1. The van der Waals surface area contributed by atoms with Gasteiger partial charge in [-0.2, -0.15) is 25.5 Å². The van der Waals surface area contributed by atoms with Gasteiger partial charge in [-0.3, -0.25) is 14.9 Å². The zero-order valence-corrected chi connectivity index (χ0v) is 39.6. The third-order valence-corrected chi connectivity index (χ3v) is 11.1. The van der Waals surface area contributed by atoms with Crippen molar-refractivity contribution in [2.45, 2.75) is 46.1 Å². The molecule has 7 N–H and O–H groups in total. The molecule has 0 unspecified atom stereocenters. The molecule has 18 nitrogen and oxygen atoms in total. The number of fused-ring (bicyclic) bond motifs is 3. The minimum Gasteiger partial charge on any atom is -0.382 e. The molecule has 3 aromatic carbocycles. The molecule has 7 heterocycles. The average Bonchev–Trinajstić information content (AvgIpc) is 4.20. The molecule has 0 radical (unpaired) electrons. The largest absolute Gasteiger partial charge is 0.382 e. The summed E-state index contributed by atoms with van der Waals surface area (Å²) >= 11 is 0. The molecule has 0 bridgehead atoms. The summed E-state index contributed by atoms with van der Waals surface area (Å²) in [6.45, 7) is 8.31. The number of carbonyl (C=O) groups excluding carboxylic acids is 1. The number of Topliss-reactive ketones (excluding diaryl/α,β-unsaturated/α-hetero) is 1. The SMILES string of the molecule is C=C(C)c1n[nH]c(-c2nn(Cc3ccccc3F)c3ncccc23)n1.CC(C)(F)C(=O)CN=C(N)c1nn(Cc2ccccc2F)c2ncccc12.NN=C(N)c1nn(Cc2ccccc2F)c2ncccc12. The lowest BCUT2D eigenvalue weighted by Gasteiger charge is -2.10. The summed E-state index contributed by atoms with van der Waals surface area (Å²) < 4.78 is 60.2. The maximum atomic E-state index is 14.0. The third-order valence-electron chi connectivity index (χ3n) is 11.1. The number of benzene rings is 3. The van der Waals surface area contributed by atoms with E-state index in [-0.39, 0.29) is 48.8 Å². The predicted octanol–water partition coefficient (Wildman–Crippen LogP) is 7.28. The molecular formula is C51H47F4N17O. The van der Waals surface area contributed by atoms with Crippen LogP contribution in [0.25, 0.3) is 50.2 Å².